The summed E-state index contributed by atoms with van der Waals surface area (Å²) in [5.41, 5.74) is 4.36. The highest BCUT2D eigenvalue weighted by Crippen LogP contribution is 2.37. The van der Waals surface area contributed by atoms with Gasteiger partial charge in [-0.15, -0.1) is 0 Å². The third-order valence-electron chi connectivity index (χ3n) is 4.52. The molecule has 0 heterocycles. The van der Waals surface area contributed by atoms with Crippen molar-refractivity contribution in [3.05, 3.63) is 93.0 Å². The van der Waals surface area contributed by atoms with Gasteiger partial charge in [-0.2, -0.15) is 0 Å². The van der Waals surface area contributed by atoms with Gasteiger partial charge in [-0.3, -0.25) is 0 Å². The maximum Gasteiger partial charge on any atom is 0.180 e. The van der Waals surface area contributed by atoms with Crippen LogP contribution in [0.25, 0.3) is 0 Å². The molecule has 0 unspecified atom stereocenters. The smallest absolute Gasteiger partial charge is 0.180 e. The predicted molar refractivity (Wildman–Crippen MR) is 116 cm³/mol. The van der Waals surface area contributed by atoms with Gasteiger partial charge in [0, 0.05) is 18.1 Å². The van der Waals surface area contributed by atoms with E-state index < -0.39 is 0 Å². The van der Waals surface area contributed by atoms with Crippen LogP contribution in [0.3, 0.4) is 0 Å². The monoisotopic (exact) mass is 415 g/mol. The number of hydrogen-bond acceptors (Lipinski definition) is 3. The molecular formula is C23H23Cl2NO2. The second-order valence-electron chi connectivity index (χ2n) is 6.52. The molecule has 0 aliphatic carbocycles. The van der Waals surface area contributed by atoms with Crippen LogP contribution in [0.5, 0.6) is 11.5 Å². The van der Waals surface area contributed by atoms with Gasteiger partial charge in [0.2, 0.25) is 0 Å². The van der Waals surface area contributed by atoms with E-state index in [-0.39, 0.29) is 0 Å². The first-order chi connectivity index (χ1) is 13.6. The van der Waals surface area contributed by atoms with Gasteiger partial charge < -0.3 is 14.8 Å². The van der Waals surface area contributed by atoms with Gasteiger partial charge >= 0.3 is 0 Å². The number of aryl methyl sites for hydroxylation is 1. The Morgan fingerprint density at radius 3 is 2.29 bits per heavy atom. The van der Waals surface area contributed by atoms with Crippen molar-refractivity contribution in [1.82, 2.24) is 5.32 Å². The summed E-state index contributed by atoms with van der Waals surface area (Å²) in [5.74, 6) is 1.18. The first-order valence-corrected chi connectivity index (χ1v) is 9.82. The molecule has 5 heteroatoms. The van der Waals surface area contributed by atoms with Crippen LogP contribution in [0.1, 0.15) is 22.3 Å². The molecule has 28 heavy (non-hydrogen) atoms. The summed E-state index contributed by atoms with van der Waals surface area (Å²) >= 11 is 12.7. The zero-order valence-corrected chi connectivity index (χ0v) is 17.5. The summed E-state index contributed by atoms with van der Waals surface area (Å²) in [5, 5.41) is 4.67. The van der Waals surface area contributed by atoms with Crippen molar-refractivity contribution in [2.24, 2.45) is 0 Å². The van der Waals surface area contributed by atoms with Crippen LogP contribution in [-0.4, -0.2) is 7.11 Å². The minimum atomic E-state index is 0.437. The van der Waals surface area contributed by atoms with Gasteiger partial charge in [-0.05, 0) is 47.4 Å². The molecule has 0 spiro atoms. The number of methoxy groups -OCH3 is 1. The van der Waals surface area contributed by atoms with Crippen LogP contribution in [-0.2, 0) is 19.7 Å². The van der Waals surface area contributed by atoms with Crippen LogP contribution in [0, 0.1) is 6.92 Å². The lowest BCUT2D eigenvalue weighted by Gasteiger charge is -2.15. The number of rotatable bonds is 8. The Hall–Kier alpha value is -2.20. The van der Waals surface area contributed by atoms with E-state index in [1.165, 1.54) is 5.56 Å². The molecule has 0 aliphatic heterocycles. The second kappa shape index (κ2) is 9.83. The molecule has 0 aromatic heterocycles. The van der Waals surface area contributed by atoms with Gasteiger partial charge in [0.05, 0.1) is 12.1 Å². The van der Waals surface area contributed by atoms with E-state index in [0.29, 0.717) is 36.2 Å². The van der Waals surface area contributed by atoms with Crippen molar-refractivity contribution in [2.45, 2.75) is 26.6 Å². The number of halogens is 2. The minimum absolute atomic E-state index is 0.437. The van der Waals surface area contributed by atoms with Crippen LogP contribution in [0.2, 0.25) is 10.0 Å². The van der Waals surface area contributed by atoms with Gasteiger partial charge in [0.1, 0.15) is 6.61 Å². The summed E-state index contributed by atoms with van der Waals surface area (Å²) in [6.45, 7) is 3.81. The van der Waals surface area contributed by atoms with E-state index in [1.807, 2.05) is 54.6 Å². The van der Waals surface area contributed by atoms with E-state index in [1.54, 1.807) is 7.11 Å². The Balaban J connectivity index is 1.67. The lowest BCUT2D eigenvalue weighted by Crippen LogP contribution is -2.13. The first-order valence-electron chi connectivity index (χ1n) is 9.06. The fourth-order valence-corrected chi connectivity index (χ4v) is 3.41. The Labute approximate surface area is 176 Å². The van der Waals surface area contributed by atoms with E-state index in [4.69, 9.17) is 32.7 Å². The SMILES string of the molecule is COc1cc(CNCc2ccccc2Cl)cc(Cl)c1OCc1ccccc1C. The highest BCUT2D eigenvalue weighted by Gasteiger charge is 2.13. The van der Waals surface area contributed by atoms with Crippen LogP contribution in [0.4, 0.5) is 0 Å². The Kier molecular flexibility index (Phi) is 7.21. The normalized spacial score (nSPS) is 10.7. The molecule has 0 saturated heterocycles. The van der Waals surface area contributed by atoms with Gasteiger partial charge in [-0.1, -0.05) is 65.7 Å². The molecule has 1 N–H and O–H groups in total. The number of ether oxygens (including phenoxy) is 2. The molecule has 0 radical (unpaired) electrons. The summed E-state index contributed by atoms with van der Waals surface area (Å²) in [6.07, 6.45) is 0. The second-order valence-corrected chi connectivity index (χ2v) is 7.33. The molecule has 3 nitrogen and oxygen atoms in total. The summed E-state index contributed by atoms with van der Waals surface area (Å²) in [6, 6.07) is 19.7. The Morgan fingerprint density at radius 1 is 0.857 bits per heavy atom. The zero-order valence-electron chi connectivity index (χ0n) is 16.0. The standard InChI is InChI=1S/C23H23Cl2NO2/c1-16-7-3-4-9-19(16)15-28-23-21(25)11-17(12-22(23)27-2)13-26-14-18-8-5-6-10-20(18)24/h3-12,26H,13-15H2,1-2H3. The molecule has 0 saturated carbocycles. The quantitative estimate of drug-likeness (QED) is 0.476. The molecule has 3 aromatic carbocycles. The highest BCUT2D eigenvalue weighted by molar-refractivity contribution is 6.32. The zero-order chi connectivity index (χ0) is 19.9. The van der Waals surface area contributed by atoms with Crippen molar-refractivity contribution < 1.29 is 9.47 Å². The minimum Gasteiger partial charge on any atom is -0.493 e. The van der Waals surface area contributed by atoms with Crippen molar-refractivity contribution >= 4 is 23.2 Å². The lowest BCUT2D eigenvalue weighted by atomic mass is 10.1. The van der Waals surface area contributed by atoms with Crippen molar-refractivity contribution in [3.63, 3.8) is 0 Å². The van der Waals surface area contributed by atoms with Crippen LogP contribution >= 0.6 is 23.2 Å². The average Bonchev–Trinajstić information content (AvgIpc) is 2.69. The molecule has 146 valence electrons. The maximum absolute atomic E-state index is 6.49. The highest BCUT2D eigenvalue weighted by atomic mass is 35.5. The third-order valence-corrected chi connectivity index (χ3v) is 5.17. The molecule has 0 bridgehead atoms. The molecule has 3 rings (SSSR count). The number of hydrogen-bond donors (Lipinski definition) is 1. The largest absolute Gasteiger partial charge is 0.493 e. The van der Waals surface area contributed by atoms with E-state index in [2.05, 4.69) is 18.3 Å². The Bertz CT molecular complexity index is 944. The van der Waals surface area contributed by atoms with E-state index >= 15 is 0 Å². The molecule has 3 aromatic rings. The van der Waals surface area contributed by atoms with Crippen molar-refractivity contribution in [1.29, 1.82) is 0 Å². The van der Waals surface area contributed by atoms with Gasteiger partial charge in [-0.25, -0.2) is 0 Å². The average molecular weight is 416 g/mol. The molecule has 0 atom stereocenters. The summed E-state index contributed by atoms with van der Waals surface area (Å²) in [7, 11) is 1.62. The molecule has 0 fully saturated rings. The molecule has 0 amide bonds. The van der Waals surface area contributed by atoms with E-state index in [0.717, 1.165) is 21.7 Å². The fraction of sp³-hybridized carbons (Fsp3) is 0.217. The van der Waals surface area contributed by atoms with Crippen LogP contribution in [0.15, 0.2) is 60.7 Å². The van der Waals surface area contributed by atoms with Crippen molar-refractivity contribution in [3.8, 4) is 11.5 Å². The Morgan fingerprint density at radius 2 is 1.57 bits per heavy atom. The van der Waals surface area contributed by atoms with Crippen LogP contribution < -0.4 is 14.8 Å². The lowest BCUT2D eigenvalue weighted by molar-refractivity contribution is 0.284. The van der Waals surface area contributed by atoms with Gasteiger partial charge in [0.25, 0.3) is 0 Å². The fourth-order valence-electron chi connectivity index (χ4n) is 2.92. The van der Waals surface area contributed by atoms with Crippen molar-refractivity contribution in [2.75, 3.05) is 7.11 Å². The number of benzene rings is 3. The molecular weight excluding hydrogens is 393 g/mol. The predicted octanol–water partition coefficient (Wildman–Crippen LogP) is 6.18. The number of nitrogens with one attached hydrogen (secondary N) is 1. The third kappa shape index (κ3) is 5.20. The summed E-state index contributed by atoms with van der Waals surface area (Å²) in [4.78, 5) is 0. The topological polar surface area (TPSA) is 30.5 Å². The van der Waals surface area contributed by atoms with E-state index in [9.17, 15) is 0 Å². The van der Waals surface area contributed by atoms with Gasteiger partial charge in [0.15, 0.2) is 11.5 Å². The first kappa shape index (κ1) is 20.5. The maximum atomic E-state index is 6.49. The molecule has 0 aliphatic rings. The summed E-state index contributed by atoms with van der Waals surface area (Å²) < 4.78 is 11.5.